The zero-order valence-corrected chi connectivity index (χ0v) is 19.8. The molecule has 0 unspecified atom stereocenters. The van der Waals surface area contributed by atoms with Gasteiger partial charge < -0.3 is 24.9 Å². The zero-order chi connectivity index (χ0) is 24.9. The summed E-state index contributed by atoms with van der Waals surface area (Å²) in [5, 5.41) is 3.66. The van der Waals surface area contributed by atoms with Gasteiger partial charge in [-0.3, -0.25) is 9.59 Å². The summed E-state index contributed by atoms with van der Waals surface area (Å²) in [6.45, 7) is 4.20. The highest BCUT2D eigenvalue weighted by Gasteiger charge is 2.16. The van der Waals surface area contributed by atoms with E-state index in [9.17, 15) is 9.59 Å². The van der Waals surface area contributed by atoms with E-state index in [-0.39, 0.29) is 5.91 Å². The smallest absolute Gasteiger partial charge is 0.248 e. The SMILES string of the molecule is CCOc1cc2occ(-c3cccc(OC)c3)c2cc1/C(C)=C/C(=O)Nc1cccc(C(N)=O)c1. The third kappa shape index (κ3) is 5.19. The lowest BCUT2D eigenvalue weighted by Crippen LogP contribution is -2.13. The molecule has 0 saturated heterocycles. The number of carbonyl (C=O) groups is 2. The van der Waals surface area contributed by atoms with Crippen LogP contribution in [0.1, 0.15) is 29.8 Å². The number of hydrogen-bond acceptors (Lipinski definition) is 5. The van der Waals surface area contributed by atoms with Gasteiger partial charge in [0.2, 0.25) is 11.8 Å². The lowest BCUT2D eigenvalue weighted by molar-refractivity contribution is -0.111. The van der Waals surface area contributed by atoms with Gasteiger partial charge in [0.05, 0.1) is 20.0 Å². The Morgan fingerprint density at radius 2 is 1.89 bits per heavy atom. The minimum atomic E-state index is -0.561. The maximum Gasteiger partial charge on any atom is 0.248 e. The van der Waals surface area contributed by atoms with Crippen molar-refractivity contribution in [3.63, 3.8) is 0 Å². The van der Waals surface area contributed by atoms with E-state index >= 15 is 0 Å². The molecule has 4 rings (SSSR count). The minimum Gasteiger partial charge on any atom is -0.497 e. The summed E-state index contributed by atoms with van der Waals surface area (Å²) in [6.07, 6.45) is 3.20. The van der Waals surface area contributed by atoms with Gasteiger partial charge in [0, 0.05) is 39.9 Å². The first kappa shape index (κ1) is 23.6. The van der Waals surface area contributed by atoms with Gasteiger partial charge in [0.1, 0.15) is 17.1 Å². The second-order valence-electron chi connectivity index (χ2n) is 7.92. The molecule has 3 N–H and O–H groups in total. The number of nitrogens with two attached hydrogens (primary N) is 1. The van der Waals surface area contributed by atoms with Gasteiger partial charge in [-0.15, -0.1) is 0 Å². The molecule has 0 radical (unpaired) electrons. The van der Waals surface area contributed by atoms with Crippen molar-refractivity contribution in [1.82, 2.24) is 0 Å². The van der Waals surface area contributed by atoms with Gasteiger partial charge in [-0.1, -0.05) is 18.2 Å². The van der Waals surface area contributed by atoms with Crippen LogP contribution in [0.3, 0.4) is 0 Å². The van der Waals surface area contributed by atoms with Crippen LogP contribution in [0.4, 0.5) is 5.69 Å². The number of furan rings is 1. The average Bonchev–Trinajstić information content (AvgIpc) is 3.26. The molecule has 1 heterocycles. The van der Waals surface area contributed by atoms with Crippen LogP contribution in [0.15, 0.2) is 77.4 Å². The third-order valence-electron chi connectivity index (χ3n) is 5.54. The summed E-state index contributed by atoms with van der Waals surface area (Å²) in [7, 11) is 1.63. The van der Waals surface area contributed by atoms with E-state index in [0.717, 1.165) is 27.8 Å². The molecule has 0 saturated carbocycles. The van der Waals surface area contributed by atoms with Crippen molar-refractivity contribution in [1.29, 1.82) is 0 Å². The van der Waals surface area contributed by atoms with Crippen LogP contribution in [0.2, 0.25) is 0 Å². The van der Waals surface area contributed by atoms with E-state index in [4.69, 9.17) is 19.6 Å². The van der Waals surface area contributed by atoms with Crippen LogP contribution in [-0.2, 0) is 4.79 Å². The molecule has 178 valence electrons. The number of benzene rings is 3. The standard InChI is InChI=1S/C28H26N2O5/c1-4-34-25-15-26-23(24(16-35-26)18-7-6-10-21(13-18)33-3)14-22(25)17(2)11-27(31)30-20-9-5-8-19(12-20)28(29)32/h5-16H,4H2,1-3H3,(H2,29,32)(H,30,31)/b17-11+. The maximum absolute atomic E-state index is 12.7. The van der Waals surface area contributed by atoms with Crippen LogP contribution in [0.25, 0.3) is 27.7 Å². The fourth-order valence-electron chi connectivity index (χ4n) is 3.86. The Kier molecular flexibility index (Phi) is 6.87. The first-order valence-corrected chi connectivity index (χ1v) is 11.1. The predicted octanol–water partition coefficient (Wildman–Crippen LogP) is 5.65. The highest BCUT2D eigenvalue weighted by Crippen LogP contribution is 2.38. The van der Waals surface area contributed by atoms with E-state index in [0.29, 0.717) is 34.8 Å². The van der Waals surface area contributed by atoms with E-state index in [1.165, 1.54) is 12.1 Å². The molecule has 7 heteroatoms. The molecule has 0 aliphatic carbocycles. The molecule has 0 spiro atoms. The number of carbonyl (C=O) groups excluding carboxylic acids is 2. The normalized spacial score (nSPS) is 11.3. The molecule has 0 aliphatic rings. The fraction of sp³-hybridized carbons (Fsp3) is 0.143. The van der Waals surface area contributed by atoms with Crippen molar-refractivity contribution in [2.75, 3.05) is 19.0 Å². The second kappa shape index (κ2) is 10.2. The summed E-state index contributed by atoms with van der Waals surface area (Å²) in [6, 6.07) is 18.0. The van der Waals surface area contributed by atoms with Crippen LogP contribution >= 0.6 is 0 Å². The van der Waals surface area contributed by atoms with Crippen LogP contribution in [-0.4, -0.2) is 25.5 Å². The van der Waals surface area contributed by atoms with E-state index in [1.807, 2.05) is 50.2 Å². The molecule has 1 aromatic heterocycles. The monoisotopic (exact) mass is 470 g/mol. The Morgan fingerprint density at radius 1 is 1.09 bits per heavy atom. The highest BCUT2D eigenvalue weighted by atomic mass is 16.5. The molecule has 4 aromatic rings. The zero-order valence-electron chi connectivity index (χ0n) is 19.8. The molecule has 0 atom stereocenters. The Bertz CT molecular complexity index is 1430. The van der Waals surface area contributed by atoms with Crippen molar-refractivity contribution >= 4 is 34.0 Å². The number of nitrogens with one attached hydrogen (secondary N) is 1. The maximum atomic E-state index is 12.7. The number of methoxy groups -OCH3 is 1. The van der Waals surface area contributed by atoms with E-state index in [2.05, 4.69) is 5.32 Å². The molecule has 7 nitrogen and oxygen atoms in total. The Morgan fingerprint density at radius 3 is 2.63 bits per heavy atom. The summed E-state index contributed by atoms with van der Waals surface area (Å²) in [4.78, 5) is 24.2. The fourth-order valence-corrected chi connectivity index (χ4v) is 3.86. The first-order valence-electron chi connectivity index (χ1n) is 11.1. The van der Waals surface area contributed by atoms with Gasteiger partial charge in [-0.25, -0.2) is 0 Å². The van der Waals surface area contributed by atoms with Crippen molar-refractivity contribution < 1.29 is 23.5 Å². The average molecular weight is 471 g/mol. The summed E-state index contributed by atoms with van der Waals surface area (Å²) in [5.41, 5.74) is 10.1. The molecular formula is C28H26N2O5. The summed E-state index contributed by atoms with van der Waals surface area (Å²) in [5.74, 6) is 0.460. The van der Waals surface area contributed by atoms with Gasteiger partial charge >= 0.3 is 0 Å². The second-order valence-corrected chi connectivity index (χ2v) is 7.92. The number of primary amides is 1. The first-order chi connectivity index (χ1) is 16.9. The van der Waals surface area contributed by atoms with Crippen molar-refractivity contribution in [2.24, 2.45) is 5.73 Å². The number of rotatable bonds is 8. The number of ether oxygens (including phenoxy) is 2. The summed E-state index contributed by atoms with van der Waals surface area (Å²) < 4.78 is 17.0. The Labute approximate surface area is 203 Å². The largest absolute Gasteiger partial charge is 0.497 e. The number of anilines is 1. The number of hydrogen-bond donors (Lipinski definition) is 2. The third-order valence-corrected chi connectivity index (χ3v) is 5.54. The van der Waals surface area contributed by atoms with Crippen molar-refractivity contribution in [3.05, 3.63) is 84.1 Å². The van der Waals surface area contributed by atoms with Gasteiger partial charge in [-0.05, 0) is 61.4 Å². The van der Waals surface area contributed by atoms with Crippen LogP contribution in [0.5, 0.6) is 11.5 Å². The van der Waals surface area contributed by atoms with Crippen molar-refractivity contribution in [3.8, 4) is 22.6 Å². The van der Waals surface area contributed by atoms with Gasteiger partial charge in [0.25, 0.3) is 0 Å². The van der Waals surface area contributed by atoms with E-state index in [1.54, 1.807) is 31.6 Å². The van der Waals surface area contributed by atoms with E-state index < -0.39 is 5.91 Å². The minimum absolute atomic E-state index is 0.317. The van der Waals surface area contributed by atoms with Crippen LogP contribution in [0, 0.1) is 0 Å². The number of allylic oxidation sites excluding steroid dienone is 1. The van der Waals surface area contributed by atoms with Gasteiger partial charge in [0.15, 0.2) is 0 Å². The van der Waals surface area contributed by atoms with Gasteiger partial charge in [-0.2, -0.15) is 0 Å². The Hall–Kier alpha value is -4.52. The predicted molar refractivity (Wildman–Crippen MR) is 137 cm³/mol. The molecule has 35 heavy (non-hydrogen) atoms. The molecule has 0 bridgehead atoms. The quantitative estimate of drug-likeness (QED) is 0.324. The number of amides is 2. The van der Waals surface area contributed by atoms with Crippen molar-refractivity contribution in [2.45, 2.75) is 13.8 Å². The molecule has 0 aliphatic heterocycles. The molecule has 0 fully saturated rings. The summed E-state index contributed by atoms with van der Waals surface area (Å²) >= 11 is 0. The number of fused-ring (bicyclic) bond motifs is 1. The molecule has 2 amide bonds. The molecular weight excluding hydrogens is 444 g/mol. The topological polar surface area (TPSA) is 104 Å². The lowest BCUT2D eigenvalue weighted by atomic mass is 9.99. The Balaban J connectivity index is 1.71. The highest BCUT2D eigenvalue weighted by molar-refractivity contribution is 6.06. The van der Waals surface area contributed by atoms with Crippen LogP contribution < -0.4 is 20.5 Å². The molecule has 3 aromatic carbocycles. The lowest BCUT2D eigenvalue weighted by Gasteiger charge is -2.12.